The van der Waals surface area contributed by atoms with E-state index in [4.69, 9.17) is 0 Å². The maximum Gasteiger partial charge on any atom is 0.226 e. The minimum atomic E-state index is -0.302. The number of carbonyl (C=O) groups excluding carboxylic acids is 1. The van der Waals surface area contributed by atoms with Crippen molar-refractivity contribution in [1.29, 1.82) is 0 Å². The molecule has 1 amide bonds. The molecular weight excluding hydrogens is 275 g/mol. The molecule has 0 spiro atoms. The smallest absolute Gasteiger partial charge is 0.226 e. The summed E-state index contributed by atoms with van der Waals surface area (Å²) in [6.07, 6.45) is 0.234. The molecule has 2 aromatic rings. The first-order valence-corrected chi connectivity index (χ1v) is 7.38. The lowest BCUT2D eigenvalue weighted by Gasteiger charge is -2.05. The van der Waals surface area contributed by atoms with E-state index < -0.39 is 0 Å². The molecule has 1 aromatic carbocycles. The third-order valence-electron chi connectivity index (χ3n) is 2.84. The Morgan fingerprint density at radius 3 is 2.80 bits per heavy atom. The fourth-order valence-electron chi connectivity index (χ4n) is 1.73. The van der Waals surface area contributed by atoms with Crippen LogP contribution in [0.4, 0.5) is 4.39 Å². The highest BCUT2D eigenvalue weighted by Crippen LogP contribution is 2.19. The maximum atomic E-state index is 13.4. The van der Waals surface area contributed by atoms with E-state index in [-0.39, 0.29) is 24.7 Å². The van der Waals surface area contributed by atoms with Crippen molar-refractivity contribution < 1.29 is 9.18 Å². The molecule has 2 rings (SSSR count). The number of hydrogen-bond donors (Lipinski definition) is 1. The van der Waals surface area contributed by atoms with Gasteiger partial charge in [0.15, 0.2) is 0 Å². The monoisotopic (exact) mass is 292 g/mol. The van der Waals surface area contributed by atoms with Crippen molar-refractivity contribution in [3.05, 3.63) is 51.7 Å². The summed E-state index contributed by atoms with van der Waals surface area (Å²) in [5, 5.41) is 5.64. The van der Waals surface area contributed by atoms with Crippen LogP contribution in [0.3, 0.4) is 0 Å². The van der Waals surface area contributed by atoms with Gasteiger partial charge in [-0.15, -0.1) is 11.3 Å². The van der Waals surface area contributed by atoms with Crippen molar-refractivity contribution in [2.45, 2.75) is 32.7 Å². The maximum absolute atomic E-state index is 13.4. The molecule has 0 bridgehead atoms. The summed E-state index contributed by atoms with van der Waals surface area (Å²) in [7, 11) is 0. The number of nitrogens with zero attached hydrogens (tertiary/aromatic N) is 1. The van der Waals surface area contributed by atoms with Crippen molar-refractivity contribution in [2.24, 2.45) is 0 Å². The van der Waals surface area contributed by atoms with Gasteiger partial charge in [-0.2, -0.15) is 0 Å². The number of hydrogen-bond acceptors (Lipinski definition) is 3. The van der Waals surface area contributed by atoms with Crippen LogP contribution in [0.15, 0.2) is 29.6 Å². The molecule has 3 nitrogen and oxygen atoms in total. The molecule has 0 radical (unpaired) electrons. The minimum Gasteiger partial charge on any atom is -0.352 e. The normalized spacial score (nSPS) is 10.8. The molecule has 0 saturated carbocycles. The first kappa shape index (κ1) is 14.7. The summed E-state index contributed by atoms with van der Waals surface area (Å²) in [5.74, 6) is -0.0763. The summed E-state index contributed by atoms with van der Waals surface area (Å²) >= 11 is 1.57. The Morgan fingerprint density at radius 2 is 2.15 bits per heavy atom. The van der Waals surface area contributed by atoms with Gasteiger partial charge >= 0.3 is 0 Å². The van der Waals surface area contributed by atoms with E-state index in [0.717, 1.165) is 10.7 Å². The van der Waals surface area contributed by atoms with Crippen LogP contribution in [0.5, 0.6) is 0 Å². The Morgan fingerprint density at radius 1 is 1.40 bits per heavy atom. The third kappa shape index (κ3) is 3.87. The molecule has 1 aromatic heterocycles. The third-order valence-corrected chi connectivity index (χ3v) is 4.03. The number of rotatable bonds is 5. The second-order valence-corrected chi connectivity index (χ2v) is 5.77. The number of thiazole rings is 1. The second kappa shape index (κ2) is 6.61. The van der Waals surface area contributed by atoms with E-state index in [9.17, 15) is 9.18 Å². The van der Waals surface area contributed by atoms with Gasteiger partial charge in [0.1, 0.15) is 5.82 Å². The lowest BCUT2D eigenvalue weighted by molar-refractivity contribution is -0.120. The van der Waals surface area contributed by atoms with E-state index in [1.165, 1.54) is 6.07 Å². The number of nitrogens with one attached hydrogen (secondary N) is 1. The van der Waals surface area contributed by atoms with Gasteiger partial charge in [-0.1, -0.05) is 32.0 Å². The molecule has 5 heteroatoms. The van der Waals surface area contributed by atoms with E-state index in [1.807, 2.05) is 5.38 Å². The SMILES string of the molecule is CC(C)c1nc(CC(=O)NCc2ccccc2F)cs1. The summed E-state index contributed by atoms with van der Waals surface area (Å²) in [6.45, 7) is 4.34. The van der Waals surface area contributed by atoms with Crippen molar-refractivity contribution in [2.75, 3.05) is 0 Å². The number of carbonyl (C=O) groups is 1. The predicted molar refractivity (Wildman–Crippen MR) is 78.2 cm³/mol. The van der Waals surface area contributed by atoms with Gasteiger partial charge < -0.3 is 5.32 Å². The minimum absolute atomic E-state index is 0.145. The molecule has 0 aliphatic rings. The zero-order valence-corrected chi connectivity index (χ0v) is 12.3. The van der Waals surface area contributed by atoms with Crippen LogP contribution in [-0.4, -0.2) is 10.9 Å². The highest BCUT2D eigenvalue weighted by Gasteiger charge is 2.10. The van der Waals surface area contributed by atoms with Gasteiger partial charge in [0, 0.05) is 23.4 Å². The van der Waals surface area contributed by atoms with Crippen molar-refractivity contribution >= 4 is 17.2 Å². The van der Waals surface area contributed by atoms with Crippen molar-refractivity contribution in [1.82, 2.24) is 10.3 Å². The van der Waals surface area contributed by atoms with Crippen LogP contribution in [0, 0.1) is 5.82 Å². The average molecular weight is 292 g/mol. The van der Waals surface area contributed by atoms with Gasteiger partial charge in [0.2, 0.25) is 5.91 Å². The Bertz CT molecular complexity index is 595. The molecule has 106 valence electrons. The topological polar surface area (TPSA) is 42.0 Å². The lowest BCUT2D eigenvalue weighted by atomic mass is 10.2. The Hall–Kier alpha value is -1.75. The molecule has 1 heterocycles. The molecular formula is C15H17FN2OS. The molecule has 1 N–H and O–H groups in total. The van der Waals surface area contributed by atoms with Crippen molar-refractivity contribution in [3.8, 4) is 0 Å². The quantitative estimate of drug-likeness (QED) is 0.919. The fraction of sp³-hybridized carbons (Fsp3) is 0.333. The second-order valence-electron chi connectivity index (χ2n) is 4.88. The van der Waals surface area contributed by atoms with Crippen LogP contribution in [-0.2, 0) is 17.8 Å². The Balaban J connectivity index is 1.88. The fourth-order valence-corrected chi connectivity index (χ4v) is 2.57. The molecule has 0 aliphatic carbocycles. The number of amides is 1. The number of halogens is 1. The molecule has 0 atom stereocenters. The largest absolute Gasteiger partial charge is 0.352 e. The summed E-state index contributed by atoms with van der Waals surface area (Å²) in [6, 6.07) is 6.43. The zero-order valence-electron chi connectivity index (χ0n) is 11.5. The molecule has 0 saturated heterocycles. The van der Waals surface area contributed by atoms with Gasteiger partial charge in [-0.3, -0.25) is 4.79 Å². The van der Waals surface area contributed by atoms with Gasteiger partial charge in [-0.05, 0) is 6.07 Å². The first-order chi connectivity index (χ1) is 9.56. The number of aromatic nitrogens is 1. The van der Waals surface area contributed by atoms with Crippen LogP contribution >= 0.6 is 11.3 Å². The summed E-state index contributed by atoms with van der Waals surface area (Å²) in [5.41, 5.74) is 1.26. The summed E-state index contributed by atoms with van der Waals surface area (Å²) in [4.78, 5) is 16.2. The molecule has 0 unspecified atom stereocenters. The Labute approximate surface area is 121 Å². The molecule has 0 aliphatic heterocycles. The Kier molecular flexibility index (Phi) is 4.84. The van der Waals surface area contributed by atoms with E-state index in [2.05, 4.69) is 24.1 Å². The van der Waals surface area contributed by atoms with E-state index in [0.29, 0.717) is 11.5 Å². The van der Waals surface area contributed by atoms with Crippen molar-refractivity contribution in [3.63, 3.8) is 0 Å². The lowest BCUT2D eigenvalue weighted by Crippen LogP contribution is -2.25. The summed E-state index contributed by atoms with van der Waals surface area (Å²) < 4.78 is 13.4. The van der Waals surface area contributed by atoms with Gasteiger partial charge in [0.25, 0.3) is 0 Å². The standard InChI is InChI=1S/C15H17FN2OS/c1-10(2)15-18-12(9-20-15)7-14(19)17-8-11-5-3-4-6-13(11)16/h3-6,9-10H,7-8H2,1-2H3,(H,17,19). The predicted octanol–water partition coefficient (Wildman–Crippen LogP) is 3.26. The first-order valence-electron chi connectivity index (χ1n) is 6.50. The molecule has 0 fully saturated rings. The van der Waals surface area contributed by atoms with Crippen LogP contribution in [0.25, 0.3) is 0 Å². The van der Waals surface area contributed by atoms with Gasteiger partial charge in [0.05, 0.1) is 17.1 Å². The average Bonchev–Trinajstić information content (AvgIpc) is 2.86. The van der Waals surface area contributed by atoms with Crippen LogP contribution in [0.2, 0.25) is 0 Å². The highest BCUT2D eigenvalue weighted by atomic mass is 32.1. The number of benzene rings is 1. The highest BCUT2D eigenvalue weighted by molar-refractivity contribution is 7.09. The molecule has 20 heavy (non-hydrogen) atoms. The van der Waals surface area contributed by atoms with E-state index >= 15 is 0 Å². The van der Waals surface area contributed by atoms with E-state index in [1.54, 1.807) is 29.5 Å². The zero-order chi connectivity index (χ0) is 14.5. The van der Waals surface area contributed by atoms with Crippen LogP contribution in [0.1, 0.15) is 36.0 Å². The van der Waals surface area contributed by atoms with Gasteiger partial charge in [-0.25, -0.2) is 9.37 Å². The van der Waals surface area contributed by atoms with Crippen LogP contribution < -0.4 is 5.32 Å².